The number of nitro benzene ring substituents is 1. The van der Waals surface area contributed by atoms with Gasteiger partial charge in [-0.15, -0.1) is 6.58 Å². The van der Waals surface area contributed by atoms with Crippen LogP contribution in [0, 0.1) is 10.1 Å². The Balaban J connectivity index is 1.47. The summed E-state index contributed by atoms with van der Waals surface area (Å²) in [5.41, 5.74) is 0.469. The lowest BCUT2D eigenvalue weighted by atomic mass is 10.1. The molecule has 0 unspecified atom stereocenters. The summed E-state index contributed by atoms with van der Waals surface area (Å²) >= 11 is 0. The topological polar surface area (TPSA) is 218 Å². The number of non-ortho nitro benzene ring substituents is 1. The number of aromatic nitrogens is 4. The van der Waals surface area contributed by atoms with Gasteiger partial charge in [-0.2, -0.15) is 4.31 Å². The molecule has 1 saturated heterocycles. The van der Waals surface area contributed by atoms with Gasteiger partial charge >= 0.3 is 5.97 Å². The van der Waals surface area contributed by atoms with Crippen molar-refractivity contribution in [3.63, 3.8) is 0 Å². The van der Waals surface area contributed by atoms with Crippen molar-refractivity contribution in [3.05, 3.63) is 95.6 Å². The molecule has 0 aliphatic carbocycles. The van der Waals surface area contributed by atoms with E-state index in [1.165, 1.54) is 24.1 Å². The number of aliphatic hydroxyl groups excluding tert-OH is 1. The minimum absolute atomic E-state index is 0.0417. The van der Waals surface area contributed by atoms with Crippen LogP contribution in [0.3, 0.4) is 0 Å². The van der Waals surface area contributed by atoms with Gasteiger partial charge in [-0.1, -0.05) is 45.0 Å². The number of carbonyl (C=O) groups is 2. The number of carbonyl (C=O) groups excluding carboxylic acids is 2. The quantitative estimate of drug-likeness (QED) is 0.0371. The first-order chi connectivity index (χ1) is 26.4. The normalized spacial score (nSPS) is 19.5. The number of fused-ring (bicyclic) bond motifs is 1. The van der Waals surface area contributed by atoms with Crippen molar-refractivity contribution in [2.45, 2.75) is 94.1 Å². The Morgan fingerprint density at radius 2 is 1.82 bits per heavy atom. The van der Waals surface area contributed by atoms with E-state index in [0.717, 1.165) is 28.6 Å². The molecule has 1 aliphatic rings. The van der Waals surface area contributed by atoms with Crippen LogP contribution in [0.5, 0.6) is 0 Å². The molecular formula is C37H47N7O10SSi. The molecule has 19 heteroatoms. The van der Waals surface area contributed by atoms with Crippen molar-refractivity contribution >= 4 is 52.9 Å². The second kappa shape index (κ2) is 17.1. The molecule has 0 saturated carbocycles. The summed E-state index contributed by atoms with van der Waals surface area (Å²) in [6, 6.07) is 11.4. The van der Waals surface area contributed by atoms with Gasteiger partial charge in [0.25, 0.3) is 11.6 Å². The zero-order valence-electron chi connectivity index (χ0n) is 32.1. The van der Waals surface area contributed by atoms with Gasteiger partial charge in [0.05, 0.1) is 22.8 Å². The molecule has 3 heterocycles. The van der Waals surface area contributed by atoms with E-state index in [1.807, 2.05) is 13.1 Å². The Kier molecular flexibility index (Phi) is 12.9. The Bertz CT molecular complexity index is 2160. The van der Waals surface area contributed by atoms with Gasteiger partial charge in [-0.3, -0.25) is 24.3 Å². The van der Waals surface area contributed by atoms with Crippen molar-refractivity contribution in [1.82, 2.24) is 23.8 Å². The molecule has 5 atom stereocenters. The number of ether oxygens (including phenoxy) is 2. The molecule has 2 aromatic heterocycles. The number of nitro groups is 1. The molecule has 1 aliphatic heterocycles. The summed E-state index contributed by atoms with van der Waals surface area (Å²) in [4.78, 5) is 50.4. The third-order valence-corrected chi connectivity index (χ3v) is 16.6. The van der Waals surface area contributed by atoms with Crippen LogP contribution in [0.2, 0.25) is 18.1 Å². The molecule has 0 bridgehead atoms. The first-order valence-electron chi connectivity index (χ1n) is 18.0. The van der Waals surface area contributed by atoms with E-state index in [0.29, 0.717) is 18.4 Å². The van der Waals surface area contributed by atoms with Crippen LogP contribution < -0.4 is 5.32 Å². The van der Waals surface area contributed by atoms with Crippen LogP contribution in [0.15, 0.2) is 84.8 Å². The standard InChI is InChI=1S/C37H47N7O10SSi/c1-8-9-13-20-43(55(50,51)27-18-16-26(17-19-27)44(48)49)24(2)36(47)54-31-30(45)28(21-52-56(6,7)37(3,4)5)53-35(31)42-23-40-29-32(38-22-39-33(29)42)41-34(46)25-14-11-10-12-15-25/h8,10-12,14-19,22-24,28,30-31,35,45H,1,9,13,20-21H2,2-7H3,(H,38,39,41,46)/t24-,28+,30+,31+,35+/m0/s1. The minimum atomic E-state index is -4.39. The first kappa shape index (κ1) is 42.2. The number of aliphatic hydroxyl groups is 1. The zero-order chi connectivity index (χ0) is 41.0. The summed E-state index contributed by atoms with van der Waals surface area (Å²) in [7, 11) is -6.73. The molecule has 17 nitrogen and oxygen atoms in total. The molecule has 56 heavy (non-hydrogen) atoms. The molecule has 1 amide bonds. The maximum absolute atomic E-state index is 14.1. The van der Waals surface area contributed by atoms with Gasteiger partial charge in [0.1, 0.15) is 24.6 Å². The Labute approximate surface area is 326 Å². The van der Waals surface area contributed by atoms with Gasteiger partial charge in [0.15, 0.2) is 37.6 Å². The number of rotatable bonds is 16. The molecule has 0 radical (unpaired) electrons. The number of unbranched alkanes of at least 4 members (excludes halogenated alkanes) is 1. The molecule has 2 aromatic carbocycles. The lowest BCUT2D eigenvalue weighted by Gasteiger charge is -2.37. The number of hydrogen-bond acceptors (Lipinski definition) is 13. The highest BCUT2D eigenvalue weighted by molar-refractivity contribution is 7.89. The highest BCUT2D eigenvalue weighted by Crippen LogP contribution is 2.39. The number of amides is 1. The van der Waals surface area contributed by atoms with E-state index in [-0.39, 0.29) is 45.8 Å². The van der Waals surface area contributed by atoms with Gasteiger partial charge in [0.2, 0.25) is 10.0 Å². The number of esters is 1. The lowest BCUT2D eigenvalue weighted by Crippen LogP contribution is -2.48. The lowest BCUT2D eigenvalue weighted by molar-refractivity contribution is -0.384. The molecule has 5 rings (SSSR count). The highest BCUT2D eigenvalue weighted by atomic mass is 32.2. The van der Waals surface area contributed by atoms with Gasteiger partial charge < -0.3 is 24.3 Å². The van der Waals surface area contributed by atoms with Crippen molar-refractivity contribution in [2.24, 2.45) is 0 Å². The number of hydrogen-bond donors (Lipinski definition) is 2. The van der Waals surface area contributed by atoms with Crippen molar-refractivity contribution in [1.29, 1.82) is 0 Å². The van der Waals surface area contributed by atoms with E-state index in [2.05, 4.69) is 47.6 Å². The Morgan fingerprint density at radius 3 is 2.45 bits per heavy atom. The van der Waals surface area contributed by atoms with Crippen LogP contribution in [-0.4, -0.2) is 100.0 Å². The van der Waals surface area contributed by atoms with Gasteiger partial charge in [-0.05, 0) is 62.2 Å². The summed E-state index contributed by atoms with van der Waals surface area (Å²) in [6.45, 7) is 15.2. The van der Waals surface area contributed by atoms with Gasteiger partial charge in [-0.25, -0.2) is 23.4 Å². The second-order valence-corrected chi connectivity index (χ2v) is 21.6. The third-order valence-electron chi connectivity index (χ3n) is 10.1. The minimum Gasteiger partial charge on any atom is -0.453 e. The fourth-order valence-electron chi connectivity index (χ4n) is 5.75. The molecular weight excluding hydrogens is 763 g/mol. The van der Waals surface area contributed by atoms with E-state index >= 15 is 0 Å². The number of nitrogens with one attached hydrogen (secondary N) is 1. The third kappa shape index (κ3) is 9.03. The summed E-state index contributed by atoms with van der Waals surface area (Å²) in [6.07, 6.45) is -0.150. The monoisotopic (exact) mass is 809 g/mol. The highest BCUT2D eigenvalue weighted by Gasteiger charge is 2.50. The number of nitrogens with zero attached hydrogens (tertiary/aromatic N) is 6. The SMILES string of the molecule is C=CCCCN([C@@H](C)C(=O)O[C@@H]1[C@H](O)[C@@H](CO[Si](C)(C)C(C)(C)C)O[C@H]1n1cnc2c(NC(=O)c3ccccc3)ncnc21)S(=O)(=O)c1ccc([N+](=O)[O-])cc1. The first-order valence-corrected chi connectivity index (χ1v) is 22.3. The average molecular weight is 810 g/mol. The van der Waals surface area contributed by atoms with E-state index in [1.54, 1.807) is 36.4 Å². The fourth-order valence-corrected chi connectivity index (χ4v) is 8.39. The van der Waals surface area contributed by atoms with Crippen LogP contribution in [-0.2, 0) is 28.7 Å². The largest absolute Gasteiger partial charge is 0.453 e. The fraction of sp³-hybridized carbons (Fsp3) is 0.432. The Hall–Kier alpha value is -4.92. The maximum atomic E-state index is 14.1. The molecule has 4 aromatic rings. The van der Waals surface area contributed by atoms with E-state index in [4.69, 9.17) is 13.9 Å². The number of imidazole rings is 1. The summed E-state index contributed by atoms with van der Waals surface area (Å²) in [5.74, 6) is -1.32. The molecule has 300 valence electrons. The molecule has 2 N–H and O–H groups in total. The number of allylic oxidation sites excluding steroid dienone is 1. The summed E-state index contributed by atoms with van der Waals surface area (Å²) in [5, 5.41) is 25.5. The smallest absolute Gasteiger partial charge is 0.324 e. The second-order valence-electron chi connectivity index (χ2n) is 14.9. The Morgan fingerprint density at radius 1 is 1.14 bits per heavy atom. The molecule has 1 fully saturated rings. The van der Waals surface area contributed by atoms with Crippen molar-refractivity contribution in [2.75, 3.05) is 18.5 Å². The van der Waals surface area contributed by atoms with Crippen molar-refractivity contribution in [3.8, 4) is 0 Å². The predicted octanol–water partition coefficient (Wildman–Crippen LogP) is 5.22. The maximum Gasteiger partial charge on any atom is 0.324 e. The van der Waals surface area contributed by atoms with Gasteiger partial charge in [0, 0.05) is 24.2 Å². The van der Waals surface area contributed by atoms with Crippen LogP contribution in [0.25, 0.3) is 11.2 Å². The van der Waals surface area contributed by atoms with Crippen LogP contribution in [0.4, 0.5) is 11.5 Å². The van der Waals surface area contributed by atoms with E-state index in [9.17, 15) is 33.2 Å². The van der Waals surface area contributed by atoms with E-state index < -0.39 is 65.7 Å². The molecule has 0 spiro atoms. The van der Waals surface area contributed by atoms with Crippen LogP contribution in [0.1, 0.15) is 57.1 Å². The van der Waals surface area contributed by atoms with Crippen LogP contribution >= 0.6 is 0 Å². The summed E-state index contributed by atoms with van der Waals surface area (Å²) < 4.78 is 49.0. The number of benzene rings is 2. The number of anilines is 1. The number of sulfonamides is 1. The average Bonchev–Trinajstić information content (AvgIpc) is 3.72. The van der Waals surface area contributed by atoms with Crippen molar-refractivity contribution < 1.29 is 41.9 Å². The zero-order valence-corrected chi connectivity index (χ0v) is 33.9. The predicted molar refractivity (Wildman–Crippen MR) is 209 cm³/mol.